The number of alkyl halides is 3. The van der Waals surface area contributed by atoms with Crippen LogP contribution in [0.2, 0.25) is 0 Å². The first-order valence-corrected chi connectivity index (χ1v) is 3.12. The van der Waals surface area contributed by atoms with Crippen LogP contribution >= 0.6 is 0 Å². The molecule has 0 atom stereocenters. The van der Waals surface area contributed by atoms with Gasteiger partial charge < -0.3 is 5.73 Å². The van der Waals surface area contributed by atoms with Crippen LogP contribution in [0, 0.1) is 0 Å². The maximum atomic E-state index is 12.0. The smallest absolute Gasteiger partial charge is 0.325 e. The van der Waals surface area contributed by atoms with E-state index in [0.29, 0.717) is 0 Å². The Bertz CT molecular complexity index is 271. The molecule has 2 N–H and O–H groups in total. The third-order valence-corrected chi connectivity index (χ3v) is 1.22. The topological polar surface area (TPSA) is 51.8 Å². The number of nitrogens with zero attached hydrogens (tertiary/aromatic N) is 2. The molecular weight excluding hydrogens is 171 g/mol. The molecule has 1 aromatic rings. The largest absolute Gasteiger partial charge is 0.433 e. The molecular formula is C6H6F3N3. The molecule has 0 aliphatic heterocycles. The Morgan fingerprint density at radius 2 is 2.00 bits per heavy atom. The highest BCUT2D eigenvalue weighted by molar-refractivity contribution is 5.10. The van der Waals surface area contributed by atoms with Crippen LogP contribution in [0.3, 0.4) is 0 Å². The molecule has 0 aromatic carbocycles. The molecule has 1 aromatic heterocycles. The number of hydrogen-bond donors (Lipinski definition) is 1. The normalized spacial score (nSPS) is 11.7. The molecule has 0 spiro atoms. The molecule has 0 aliphatic carbocycles. The minimum Gasteiger partial charge on any atom is -0.325 e. The molecule has 66 valence electrons. The molecule has 0 aliphatic rings. The Morgan fingerprint density at radius 3 is 2.50 bits per heavy atom. The van der Waals surface area contributed by atoms with Gasteiger partial charge in [-0.3, -0.25) is 0 Å². The van der Waals surface area contributed by atoms with Crippen LogP contribution in [0.25, 0.3) is 0 Å². The van der Waals surface area contributed by atoms with Crippen molar-refractivity contribution in [3.05, 3.63) is 23.8 Å². The molecule has 0 unspecified atom stereocenters. The third-order valence-electron chi connectivity index (χ3n) is 1.22. The number of halogens is 3. The van der Waals surface area contributed by atoms with Crippen LogP contribution in [0.1, 0.15) is 11.4 Å². The molecule has 1 rings (SSSR count). The molecule has 0 fully saturated rings. The lowest BCUT2D eigenvalue weighted by Crippen LogP contribution is -2.10. The fourth-order valence-electron chi connectivity index (χ4n) is 0.664. The van der Waals surface area contributed by atoms with Gasteiger partial charge in [-0.05, 0) is 6.07 Å². The molecule has 3 nitrogen and oxygen atoms in total. The Hall–Kier alpha value is -1.17. The number of rotatable bonds is 1. The zero-order valence-electron chi connectivity index (χ0n) is 5.97. The van der Waals surface area contributed by atoms with Gasteiger partial charge in [-0.25, -0.2) is 9.97 Å². The highest BCUT2D eigenvalue weighted by Gasteiger charge is 2.32. The Morgan fingerprint density at radius 1 is 1.33 bits per heavy atom. The quantitative estimate of drug-likeness (QED) is 0.694. The number of hydrogen-bond acceptors (Lipinski definition) is 3. The predicted molar refractivity (Wildman–Crippen MR) is 34.9 cm³/mol. The van der Waals surface area contributed by atoms with Gasteiger partial charge in [-0.2, -0.15) is 13.2 Å². The van der Waals surface area contributed by atoms with Crippen LogP contribution in [-0.4, -0.2) is 9.97 Å². The van der Waals surface area contributed by atoms with Gasteiger partial charge in [0, 0.05) is 6.54 Å². The molecule has 0 amide bonds. The van der Waals surface area contributed by atoms with Crippen molar-refractivity contribution in [3.63, 3.8) is 0 Å². The van der Waals surface area contributed by atoms with E-state index >= 15 is 0 Å². The van der Waals surface area contributed by atoms with Crippen molar-refractivity contribution in [1.82, 2.24) is 9.97 Å². The van der Waals surface area contributed by atoms with E-state index < -0.39 is 11.9 Å². The van der Waals surface area contributed by atoms with Gasteiger partial charge in [-0.15, -0.1) is 0 Å². The van der Waals surface area contributed by atoms with Crippen molar-refractivity contribution < 1.29 is 13.2 Å². The summed E-state index contributed by atoms with van der Waals surface area (Å²) in [6, 6.07) is 0.833. The van der Waals surface area contributed by atoms with Crippen LogP contribution < -0.4 is 5.73 Å². The van der Waals surface area contributed by atoms with Crippen molar-refractivity contribution in [2.24, 2.45) is 5.73 Å². The van der Waals surface area contributed by atoms with Crippen molar-refractivity contribution in [2.75, 3.05) is 0 Å². The van der Waals surface area contributed by atoms with Crippen molar-refractivity contribution in [2.45, 2.75) is 12.7 Å². The van der Waals surface area contributed by atoms with Gasteiger partial charge >= 0.3 is 6.18 Å². The summed E-state index contributed by atoms with van der Waals surface area (Å²) in [6.07, 6.45) is -3.57. The SMILES string of the molecule is NCc1cc(C(F)(F)F)ncn1. The third kappa shape index (κ3) is 1.91. The standard InChI is InChI=1S/C6H6F3N3/c7-6(8,9)5-1-4(2-10)11-3-12-5/h1,3H,2,10H2. The molecule has 12 heavy (non-hydrogen) atoms. The van der Waals surface area contributed by atoms with E-state index in [1.165, 1.54) is 0 Å². The first-order valence-electron chi connectivity index (χ1n) is 3.12. The van der Waals surface area contributed by atoms with Crippen molar-refractivity contribution in [3.8, 4) is 0 Å². The average Bonchev–Trinajstić information content (AvgIpc) is 2.03. The molecule has 6 heteroatoms. The predicted octanol–water partition coefficient (Wildman–Crippen LogP) is 0.954. The second-order valence-electron chi connectivity index (χ2n) is 2.10. The van der Waals surface area contributed by atoms with Crippen LogP contribution in [0.4, 0.5) is 13.2 Å². The molecule has 1 heterocycles. The highest BCUT2D eigenvalue weighted by Crippen LogP contribution is 2.26. The highest BCUT2D eigenvalue weighted by atomic mass is 19.4. The second-order valence-corrected chi connectivity index (χ2v) is 2.10. The lowest BCUT2D eigenvalue weighted by molar-refractivity contribution is -0.141. The fraction of sp³-hybridized carbons (Fsp3) is 0.333. The van der Waals surface area contributed by atoms with E-state index in [1.807, 2.05) is 0 Å². The summed E-state index contributed by atoms with van der Waals surface area (Å²) in [6.45, 7) is -0.0222. The second kappa shape index (κ2) is 3.06. The Balaban J connectivity index is 3.02. The summed E-state index contributed by atoms with van der Waals surface area (Å²) >= 11 is 0. The van der Waals surface area contributed by atoms with E-state index in [-0.39, 0.29) is 12.2 Å². The maximum absolute atomic E-state index is 12.0. The lowest BCUT2D eigenvalue weighted by Gasteiger charge is -2.05. The van der Waals surface area contributed by atoms with Crippen molar-refractivity contribution in [1.29, 1.82) is 0 Å². The van der Waals surface area contributed by atoms with E-state index in [2.05, 4.69) is 9.97 Å². The van der Waals surface area contributed by atoms with Crippen LogP contribution in [0.15, 0.2) is 12.4 Å². The van der Waals surface area contributed by atoms with Crippen molar-refractivity contribution >= 4 is 0 Å². The zero-order chi connectivity index (χ0) is 9.19. The summed E-state index contributed by atoms with van der Waals surface area (Å²) in [5.41, 5.74) is 4.32. The van der Waals surface area contributed by atoms with E-state index in [9.17, 15) is 13.2 Å². The number of nitrogens with two attached hydrogens (primary N) is 1. The Labute approximate surface area is 66.4 Å². The lowest BCUT2D eigenvalue weighted by atomic mass is 10.3. The minimum absolute atomic E-state index is 0.0222. The van der Waals surface area contributed by atoms with Gasteiger partial charge in [0.2, 0.25) is 0 Å². The summed E-state index contributed by atoms with van der Waals surface area (Å²) in [5.74, 6) is 0. The monoisotopic (exact) mass is 177 g/mol. The minimum atomic E-state index is -4.42. The fourth-order valence-corrected chi connectivity index (χ4v) is 0.664. The Kier molecular flexibility index (Phi) is 2.27. The molecule has 0 saturated heterocycles. The first-order chi connectivity index (χ1) is 5.54. The van der Waals surface area contributed by atoms with E-state index in [4.69, 9.17) is 5.73 Å². The molecule has 0 radical (unpaired) electrons. The summed E-state index contributed by atoms with van der Waals surface area (Å²) in [5, 5.41) is 0. The first kappa shape index (κ1) is 8.92. The maximum Gasteiger partial charge on any atom is 0.433 e. The molecule has 0 saturated carbocycles. The zero-order valence-corrected chi connectivity index (χ0v) is 5.97. The van der Waals surface area contributed by atoms with Crippen LogP contribution in [0.5, 0.6) is 0 Å². The summed E-state index contributed by atoms with van der Waals surface area (Å²) in [7, 11) is 0. The molecule has 0 bridgehead atoms. The van der Waals surface area contributed by atoms with Gasteiger partial charge in [0.1, 0.15) is 12.0 Å². The summed E-state index contributed by atoms with van der Waals surface area (Å²) < 4.78 is 35.9. The van der Waals surface area contributed by atoms with E-state index in [0.717, 1.165) is 12.4 Å². The average molecular weight is 177 g/mol. The van der Waals surface area contributed by atoms with Gasteiger partial charge in [0.05, 0.1) is 5.69 Å². The van der Waals surface area contributed by atoms with Gasteiger partial charge in [0.25, 0.3) is 0 Å². The number of aromatic nitrogens is 2. The van der Waals surface area contributed by atoms with Gasteiger partial charge in [0.15, 0.2) is 0 Å². The summed E-state index contributed by atoms with van der Waals surface area (Å²) in [4.78, 5) is 6.60. The van der Waals surface area contributed by atoms with E-state index in [1.54, 1.807) is 0 Å². The van der Waals surface area contributed by atoms with Gasteiger partial charge in [-0.1, -0.05) is 0 Å². The van der Waals surface area contributed by atoms with Crippen LogP contribution in [-0.2, 0) is 12.7 Å².